The Hall–Kier alpha value is -2.75. The maximum atomic E-state index is 13.4. The van der Waals surface area contributed by atoms with E-state index in [1.807, 2.05) is 31.2 Å². The number of para-hydroxylation sites is 2. The van der Waals surface area contributed by atoms with E-state index < -0.39 is 22.0 Å². The van der Waals surface area contributed by atoms with E-state index in [0.717, 1.165) is 5.56 Å². The smallest absolute Gasteiger partial charge is 0.244 e. The first-order valence-electron chi connectivity index (χ1n) is 11.7. The summed E-state index contributed by atoms with van der Waals surface area (Å²) in [5.74, 6) is 0.372. The van der Waals surface area contributed by atoms with Crippen molar-refractivity contribution < 1.29 is 23.1 Å². The topological polar surface area (TPSA) is 102 Å². The molecule has 0 radical (unpaired) electrons. The molecule has 2 amide bonds. The number of anilines is 1. The maximum absolute atomic E-state index is 13.4. The fourth-order valence-electron chi connectivity index (χ4n) is 5.16. The second kappa shape index (κ2) is 8.79. The van der Waals surface area contributed by atoms with Crippen LogP contribution in [0.15, 0.2) is 53.4 Å². The number of carbonyl (C=O) groups is 2. The molecule has 0 saturated carbocycles. The van der Waals surface area contributed by atoms with Crippen molar-refractivity contribution in [3.63, 3.8) is 0 Å². The van der Waals surface area contributed by atoms with Gasteiger partial charge in [0.05, 0.1) is 12.1 Å². The van der Waals surface area contributed by atoms with Crippen molar-refractivity contribution in [2.24, 2.45) is 0 Å². The van der Waals surface area contributed by atoms with Crippen molar-refractivity contribution in [1.29, 1.82) is 0 Å². The summed E-state index contributed by atoms with van der Waals surface area (Å²) in [7, 11) is -3.75. The number of aryl methyl sites for hydroxylation is 1. The number of carbonyl (C=O) groups excluding carboxylic acids is 2. The molecule has 0 bridgehead atoms. The molecule has 3 aliphatic rings. The molecule has 2 saturated heterocycles. The Morgan fingerprint density at radius 3 is 2.56 bits per heavy atom. The highest BCUT2D eigenvalue weighted by atomic mass is 32.3. The van der Waals surface area contributed by atoms with Gasteiger partial charge >= 0.3 is 0 Å². The Bertz CT molecular complexity index is 1140. The van der Waals surface area contributed by atoms with Crippen LogP contribution in [0.1, 0.15) is 37.7 Å². The Morgan fingerprint density at radius 1 is 1.12 bits per heavy atom. The maximum Gasteiger partial charge on any atom is 0.244 e. The van der Waals surface area contributed by atoms with E-state index in [4.69, 9.17) is 4.74 Å². The predicted molar refractivity (Wildman–Crippen MR) is 127 cm³/mol. The fraction of sp³-hybridized carbons (Fsp3) is 0.440. The summed E-state index contributed by atoms with van der Waals surface area (Å²) >= 11 is 0. The van der Waals surface area contributed by atoms with Gasteiger partial charge in [-0.15, -0.1) is 4.31 Å². The summed E-state index contributed by atoms with van der Waals surface area (Å²) in [6.45, 7) is 3.08. The minimum absolute atomic E-state index is 0.101. The molecule has 2 unspecified atom stereocenters. The number of rotatable bonds is 3. The molecule has 5 rings (SSSR count). The molecule has 8 nitrogen and oxygen atoms in total. The highest BCUT2D eigenvalue weighted by molar-refractivity contribution is 7.95. The van der Waals surface area contributed by atoms with Crippen molar-refractivity contribution >= 4 is 27.9 Å². The van der Waals surface area contributed by atoms with Crippen LogP contribution in [0.3, 0.4) is 0 Å². The molecule has 1 N–H and O–H groups in total. The lowest BCUT2D eigenvalue weighted by molar-refractivity contribution is -0.138. The zero-order valence-electron chi connectivity index (χ0n) is 19.2. The van der Waals surface area contributed by atoms with E-state index in [1.54, 1.807) is 29.2 Å². The van der Waals surface area contributed by atoms with Gasteiger partial charge in [-0.05, 0) is 44.0 Å². The van der Waals surface area contributed by atoms with E-state index in [-0.39, 0.29) is 23.1 Å². The van der Waals surface area contributed by atoms with E-state index >= 15 is 0 Å². The molecule has 34 heavy (non-hydrogen) atoms. The van der Waals surface area contributed by atoms with Crippen LogP contribution >= 0.6 is 0 Å². The second-order valence-corrected chi connectivity index (χ2v) is 11.3. The summed E-state index contributed by atoms with van der Waals surface area (Å²) in [6.07, 6.45) is 2.41. The molecule has 180 valence electrons. The lowest BCUT2D eigenvalue weighted by atomic mass is 9.87. The Labute approximate surface area is 200 Å². The molecule has 3 heterocycles. The molecular formula is C25H29N3O5S. The first-order chi connectivity index (χ1) is 16.3. The third-order valence-electron chi connectivity index (χ3n) is 7.07. The van der Waals surface area contributed by atoms with Crippen molar-refractivity contribution in [1.82, 2.24) is 9.21 Å². The number of amides is 2. The Balaban J connectivity index is 1.29. The minimum atomic E-state index is -3.75. The number of nitrogens with zero attached hydrogens (tertiary/aromatic N) is 2. The molecule has 2 aromatic carbocycles. The van der Waals surface area contributed by atoms with Crippen molar-refractivity contribution in [3.8, 4) is 5.75 Å². The third kappa shape index (κ3) is 4.23. The van der Waals surface area contributed by atoms with Crippen LogP contribution in [0.25, 0.3) is 0 Å². The predicted octanol–water partition coefficient (Wildman–Crippen LogP) is 3.15. The summed E-state index contributed by atoms with van der Waals surface area (Å²) < 4.78 is 34.2. The standard InChI is InChI=1S/C25H29N3O5S/c1-18-8-10-19(11-9-18)34(31,32)28-14-4-6-21(28)24(30)27-15-12-25(13-16-27)17-23(29)26-20-5-2-3-7-22(20)33-25/h2-3,5,7-11,21H,4,6,12-17H2,1H3,(H-,26,29,31,32). The Kier molecular flexibility index (Phi) is 5.95. The van der Waals surface area contributed by atoms with Crippen LogP contribution in [0, 0.1) is 6.92 Å². The van der Waals surface area contributed by atoms with Crippen LogP contribution in [0.4, 0.5) is 5.69 Å². The molecule has 0 aliphatic carbocycles. The number of hydrogen-bond acceptors (Lipinski definition) is 5. The van der Waals surface area contributed by atoms with Gasteiger partial charge in [0.1, 0.15) is 17.4 Å². The summed E-state index contributed by atoms with van der Waals surface area (Å²) in [6, 6.07) is 13.4. The van der Waals surface area contributed by atoms with Gasteiger partial charge in [-0.2, -0.15) is 0 Å². The molecule has 3 aliphatic heterocycles. The number of likely N-dealkylation sites (tertiary alicyclic amines) is 1. The number of sulfonamides is 1. The van der Waals surface area contributed by atoms with E-state index in [2.05, 4.69) is 5.32 Å². The van der Waals surface area contributed by atoms with E-state index in [1.165, 1.54) is 4.31 Å². The number of benzene rings is 2. The monoisotopic (exact) mass is 483 g/mol. The minimum Gasteiger partial charge on any atom is -0.593 e. The number of ether oxygens (including phenoxy) is 1. The lowest BCUT2D eigenvalue weighted by Gasteiger charge is -2.42. The summed E-state index contributed by atoms with van der Waals surface area (Å²) in [4.78, 5) is 27.9. The average Bonchev–Trinajstić information content (AvgIpc) is 3.27. The van der Waals surface area contributed by atoms with Gasteiger partial charge in [0.25, 0.3) is 0 Å². The molecular weight excluding hydrogens is 454 g/mol. The molecule has 2 fully saturated rings. The van der Waals surface area contributed by atoms with Crippen LogP contribution in [0.5, 0.6) is 5.75 Å². The average molecular weight is 484 g/mol. The molecule has 9 heteroatoms. The molecule has 2 atom stereocenters. The summed E-state index contributed by atoms with van der Waals surface area (Å²) in [5, 5.41) is 2.90. The zero-order valence-corrected chi connectivity index (χ0v) is 20.0. The van der Waals surface area contributed by atoms with Gasteiger partial charge in [0.2, 0.25) is 11.8 Å². The first-order valence-corrected chi connectivity index (χ1v) is 13.2. The van der Waals surface area contributed by atoms with Gasteiger partial charge in [-0.3, -0.25) is 9.59 Å². The molecule has 2 aromatic rings. The normalized spacial score (nSPS) is 24.0. The van der Waals surface area contributed by atoms with Gasteiger partial charge in [-0.1, -0.05) is 34.0 Å². The largest absolute Gasteiger partial charge is 0.593 e. The first kappa shape index (κ1) is 23.0. The highest BCUT2D eigenvalue weighted by Gasteiger charge is 2.47. The van der Waals surface area contributed by atoms with Crippen LogP contribution in [-0.4, -0.2) is 56.8 Å². The third-order valence-corrected chi connectivity index (χ3v) is 9.00. The lowest BCUT2D eigenvalue weighted by Crippen LogP contribution is -2.55. The zero-order chi connectivity index (χ0) is 23.9. The number of nitrogens with one attached hydrogen (secondary N) is 1. The Morgan fingerprint density at radius 2 is 1.82 bits per heavy atom. The van der Waals surface area contributed by atoms with Crippen LogP contribution in [-0.2, 0) is 24.2 Å². The fourth-order valence-corrected chi connectivity index (χ4v) is 6.81. The van der Waals surface area contributed by atoms with Crippen molar-refractivity contribution in [3.05, 3.63) is 54.1 Å². The van der Waals surface area contributed by atoms with E-state index in [0.29, 0.717) is 56.8 Å². The number of piperidine rings is 1. The van der Waals surface area contributed by atoms with Gasteiger partial charge in [0.15, 0.2) is 15.3 Å². The summed E-state index contributed by atoms with van der Waals surface area (Å²) in [5.41, 5.74) is 0.967. The quantitative estimate of drug-likeness (QED) is 0.676. The SMILES string of the molecule is Cc1ccc([S+](=O)([O-])N2CCCC2C(=O)N2CCC3(CC2)CC(=O)Nc2ccccc2O3)cc1. The van der Waals surface area contributed by atoms with Gasteiger partial charge in [-0.25, -0.2) is 0 Å². The van der Waals surface area contributed by atoms with Gasteiger partial charge < -0.3 is 19.5 Å². The number of fused-ring (bicyclic) bond motifs is 1. The van der Waals surface area contributed by atoms with Crippen molar-refractivity contribution in [2.75, 3.05) is 25.0 Å². The highest BCUT2D eigenvalue weighted by Crippen LogP contribution is 2.39. The van der Waals surface area contributed by atoms with Crippen LogP contribution < -0.4 is 10.1 Å². The second-order valence-electron chi connectivity index (χ2n) is 9.42. The van der Waals surface area contributed by atoms with Crippen LogP contribution in [0.2, 0.25) is 0 Å². The molecule has 0 aromatic heterocycles. The van der Waals surface area contributed by atoms with E-state index in [9.17, 15) is 18.4 Å². The molecule has 1 spiro atoms. The number of hydrogen-bond donors (Lipinski definition) is 1. The van der Waals surface area contributed by atoms with Crippen molar-refractivity contribution in [2.45, 2.75) is 55.6 Å². The van der Waals surface area contributed by atoms with Gasteiger partial charge in [0, 0.05) is 32.5 Å².